The van der Waals surface area contributed by atoms with E-state index < -0.39 is 18.8 Å². The minimum Gasteiger partial charge on any atom is -0.333 e. The van der Waals surface area contributed by atoms with Crippen molar-refractivity contribution in [3.8, 4) is 0 Å². The normalized spacial score (nSPS) is 23.4. The summed E-state index contributed by atoms with van der Waals surface area (Å²) in [5.74, 6) is -0.686. The Bertz CT molecular complexity index is 654. The van der Waals surface area contributed by atoms with Crippen LogP contribution in [0, 0.1) is 0 Å². The number of halogens is 2. The van der Waals surface area contributed by atoms with Crippen LogP contribution >= 0.6 is 0 Å². The molecule has 2 saturated heterocycles. The number of piperazine rings is 1. The number of hydrogen-bond donors (Lipinski definition) is 1. The number of nitrogens with zero attached hydrogens (tertiary/aromatic N) is 3. The number of carbonyl (C=O) groups is 2. The highest BCUT2D eigenvalue weighted by atomic mass is 19.3. The molecular formula is C17H24F2N4O2. The number of aromatic amines is 1. The molecule has 0 aromatic carbocycles. The number of H-pyrrole nitrogens is 1. The van der Waals surface area contributed by atoms with Gasteiger partial charge in [0.25, 0.3) is 5.91 Å². The third-order valence-corrected chi connectivity index (χ3v) is 4.99. The Morgan fingerprint density at radius 3 is 2.36 bits per heavy atom. The molecule has 0 spiro atoms. The molecule has 2 fully saturated rings. The smallest absolute Gasteiger partial charge is 0.274 e. The van der Waals surface area contributed by atoms with Gasteiger partial charge in [-0.3, -0.25) is 14.7 Å². The zero-order valence-electron chi connectivity index (χ0n) is 14.8. The molecule has 138 valence electrons. The summed E-state index contributed by atoms with van der Waals surface area (Å²) in [5.41, 5.74) is 1.10. The van der Waals surface area contributed by atoms with Crippen molar-refractivity contribution in [3.63, 3.8) is 0 Å². The molecule has 3 rings (SSSR count). The first-order valence-corrected chi connectivity index (χ1v) is 8.61. The second-order valence-corrected chi connectivity index (χ2v) is 7.91. The van der Waals surface area contributed by atoms with E-state index in [1.54, 1.807) is 15.9 Å². The molecule has 2 bridgehead atoms. The maximum atomic E-state index is 12.7. The number of fused-ring (bicyclic) bond motifs is 2. The van der Waals surface area contributed by atoms with Crippen LogP contribution in [0.15, 0.2) is 6.07 Å². The van der Waals surface area contributed by atoms with Crippen molar-refractivity contribution in [2.24, 2.45) is 0 Å². The Morgan fingerprint density at radius 2 is 1.88 bits per heavy atom. The van der Waals surface area contributed by atoms with E-state index in [1.807, 2.05) is 20.8 Å². The van der Waals surface area contributed by atoms with E-state index in [9.17, 15) is 18.4 Å². The van der Waals surface area contributed by atoms with Crippen LogP contribution in [0.3, 0.4) is 0 Å². The number of alkyl halides is 2. The third kappa shape index (κ3) is 3.52. The molecule has 3 heterocycles. The van der Waals surface area contributed by atoms with Gasteiger partial charge in [0.15, 0.2) is 0 Å². The fourth-order valence-corrected chi connectivity index (χ4v) is 3.69. The molecule has 0 saturated carbocycles. The number of carbonyl (C=O) groups excluding carboxylic acids is 2. The molecule has 2 atom stereocenters. The molecule has 2 amide bonds. The predicted octanol–water partition coefficient (Wildman–Crippen LogP) is 2.18. The van der Waals surface area contributed by atoms with Gasteiger partial charge in [-0.25, -0.2) is 8.78 Å². The third-order valence-electron chi connectivity index (χ3n) is 4.99. The van der Waals surface area contributed by atoms with E-state index in [2.05, 4.69) is 10.2 Å². The number of likely N-dealkylation sites (tertiary alicyclic amines) is 1. The first-order chi connectivity index (χ1) is 11.7. The van der Waals surface area contributed by atoms with Gasteiger partial charge in [-0.05, 0) is 18.9 Å². The standard InChI is InChI=1S/C17H24F2N4O2/c1-17(2,3)13-6-12(20-21-13)16(25)22-8-10-4-5-11(9-22)23(10)15(24)7-14(18)19/h6,10-11,14H,4-5,7-9H2,1-3H3,(H,20,21). The second kappa shape index (κ2) is 6.38. The van der Waals surface area contributed by atoms with E-state index in [1.165, 1.54) is 0 Å². The topological polar surface area (TPSA) is 69.3 Å². The lowest BCUT2D eigenvalue weighted by molar-refractivity contribution is -0.139. The van der Waals surface area contributed by atoms with Crippen molar-refractivity contribution < 1.29 is 18.4 Å². The summed E-state index contributed by atoms with van der Waals surface area (Å²) in [5, 5.41) is 7.03. The Labute approximate surface area is 145 Å². The quantitative estimate of drug-likeness (QED) is 0.905. The monoisotopic (exact) mass is 354 g/mol. The zero-order valence-corrected chi connectivity index (χ0v) is 14.8. The summed E-state index contributed by atoms with van der Waals surface area (Å²) in [4.78, 5) is 28.0. The summed E-state index contributed by atoms with van der Waals surface area (Å²) in [6.45, 7) is 6.84. The minimum atomic E-state index is -2.63. The van der Waals surface area contributed by atoms with Crippen molar-refractivity contribution in [1.82, 2.24) is 20.0 Å². The number of rotatable bonds is 3. The molecule has 0 aliphatic carbocycles. The molecule has 1 N–H and O–H groups in total. The summed E-state index contributed by atoms with van der Waals surface area (Å²) in [7, 11) is 0. The maximum Gasteiger partial charge on any atom is 0.274 e. The van der Waals surface area contributed by atoms with Gasteiger partial charge >= 0.3 is 0 Å². The van der Waals surface area contributed by atoms with Crippen LogP contribution in [-0.4, -0.2) is 63.4 Å². The highest BCUT2D eigenvalue weighted by molar-refractivity contribution is 5.92. The maximum absolute atomic E-state index is 12.7. The SMILES string of the molecule is CC(C)(C)c1cc(C(=O)N2CC3CCC(C2)N3C(=O)CC(F)F)n[nH]1. The molecule has 25 heavy (non-hydrogen) atoms. The van der Waals surface area contributed by atoms with Crippen molar-refractivity contribution in [1.29, 1.82) is 0 Å². The minimum absolute atomic E-state index is 0.134. The van der Waals surface area contributed by atoms with Crippen LogP contribution in [0.25, 0.3) is 0 Å². The highest BCUT2D eigenvalue weighted by Crippen LogP contribution is 2.32. The summed E-state index contributed by atoms with van der Waals surface area (Å²) in [6, 6.07) is 1.42. The average Bonchev–Trinajstić information content (AvgIpc) is 3.09. The van der Waals surface area contributed by atoms with Crippen molar-refractivity contribution >= 4 is 11.8 Å². The van der Waals surface area contributed by atoms with Crippen molar-refractivity contribution in [2.45, 2.75) is 64.0 Å². The van der Waals surface area contributed by atoms with Crippen LogP contribution in [-0.2, 0) is 10.2 Å². The molecule has 8 heteroatoms. The second-order valence-electron chi connectivity index (χ2n) is 7.91. The fraction of sp³-hybridized carbons (Fsp3) is 0.706. The Balaban J connectivity index is 1.70. The molecule has 1 aromatic rings. The van der Waals surface area contributed by atoms with E-state index in [4.69, 9.17) is 0 Å². The number of nitrogens with one attached hydrogen (secondary N) is 1. The molecular weight excluding hydrogens is 330 g/mol. The highest BCUT2D eigenvalue weighted by Gasteiger charge is 2.44. The first-order valence-electron chi connectivity index (χ1n) is 8.61. The van der Waals surface area contributed by atoms with Crippen LogP contribution < -0.4 is 0 Å². The molecule has 2 aliphatic rings. The van der Waals surface area contributed by atoms with Crippen LogP contribution in [0.1, 0.15) is 56.2 Å². The van der Waals surface area contributed by atoms with Crippen LogP contribution in [0.2, 0.25) is 0 Å². The van der Waals surface area contributed by atoms with Gasteiger partial charge < -0.3 is 9.80 Å². The zero-order chi connectivity index (χ0) is 18.4. The van der Waals surface area contributed by atoms with Gasteiger partial charge in [0.2, 0.25) is 12.3 Å². The first kappa shape index (κ1) is 17.8. The van der Waals surface area contributed by atoms with E-state index >= 15 is 0 Å². The molecule has 2 unspecified atom stereocenters. The molecule has 1 aromatic heterocycles. The predicted molar refractivity (Wildman–Crippen MR) is 87.5 cm³/mol. The van der Waals surface area contributed by atoms with Crippen LogP contribution in [0.5, 0.6) is 0 Å². The lowest BCUT2D eigenvalue weighted by Gasteiger charge is -2.40. The summed E-state index contributed by atoms with van der Waals surface area (Å²) in [6.07, 6.45) is -1.88. The molecule has 2 aliphatic heterocycles. The van der Waals surface area contributed by atoms with Gasteiger partial charge in [0.05, 0.1) is 6.42 Å². The Kier molecular flexibility index (Phi) is 4.55. The Hall–Kier alpha value is -1.99. The van der Waals surface area contributed by atoms with E-state index in [-0.39, 0.29) is 23.4 Å². The lowest BCUT2D eigenvalue weighted by Crippen LogP contribution is -2.57. The summed E-state index contributed by atoms with van der Waals surface area (Å²) < 4.78 is 25.0. The van der Waals surface area contributed by atoms with E-state index in [0.717, 1.165) is 18.5 Å². The lowest BCUT2D eigenvalue weighted by atomic mass is 9.92. The van der Waals surface area contributed by atoms with Crippen molar-refractivity contribution in [2.75, 3.05) is 13.1 Å². The van der Waals surface area contributed by atoms with Gasteiger partial charge in [-0.15, -0.1) is 0 Å². The summed E-state index contributed by atoms with van der Waals surface area (Å²) >= 11 is 0. The van der Waals surface area contributed by atoms with Crippen molar-refractivity contribution in [3.05, 3.63) is 17.5 Å². The largest absolute Gasteiger partial charge is 0.333 e. The molecule has 0 radical (unpaired) electrons. The van der Waals surface area contributed by atoms with E-state index in [0.29, 0.717) is 18.8 Å². The number of hydrogen-bond acceptors (Lipinski definition) is 3. The molecule has 6 nitrogen and oxygen atoms in total. The fourth-order valence-electron chi connectivity index (χ4n) is 3.69. The average molecular weight is 354 g/mol. The van der Waals surface area contributed by atoms with Gasteiger partial charge in [0, 0.05) is 36.3 Å². The van der Waals surface area contributed by atoms with Gasteiger partial charge in [0.1, 0.15) is 5.69 Å². The number of amides is 2. The Morgan fingerprint density at radius 1 is 1.28 bits per heavy atom. The number of aromatic nitrogens is 2. The van der Waals surface area contributed by atoms with Gasteiger partial charge in [-0.2, -0.15) is 5.10 Å². The van der Waals surface area contributed by atoms with Gasteiger partial charge in [-0.1, -0.05) is 20.8 Å². The van der Waals surface area contributed by atoms with Crippen LogP contribution in [0.4, 0.5) is 8.78 Å².